The van der Waals surface area contributed by atoms with Crippen LogP contribution < -0.4 is 5.32 Å². The average molecular weight is 414 g/mol. The molecule has 0 aliphatic heterocycles. The van der Waals surface area contributed by atoms with Crippen molar-refractivity contribution in [3.05, 3.63) is 90.5 Å². The van der Waals surface area contributed by atoms with E-state index in [2.05, 4.69) is 40.6 Å². The second kappa shape index (κ2) is 9.55. The van der Waals surface area contributed by atoms with Crippen LogP contribution in [0, 0.1) is 0 Å². The highest BCUT2D eigenvalue weighted by Gasteiger charge is 2.13. The van der Waals surface area contributed by atoms with Crippen molar-refractivity contribution in [2.24, 2.45) is 0 Å². The molecule has 0 bridgehead atoms. The largest absolute Gasteiger partial charge is 0.355 e. The molecule has 0 aliphatic carbocycles. The zero-order chi connectivity index (χ0) is 20.8. The second-order valence-corrected chi connectivity index (χ2v) is 8.13. The molecule has 0 saturated carbocycles. The fraction of sp³-hybridized carbons (Fsp3) is 0.160. The molecule has 1 aromatic heterocycles. The summed E-state index contributed by atoms with van der Waals surface area (Å²) in [4.78, 5) is 12.4. The molecule has 4 aromatic rings. The second-order valence-electron chi connectivity index (χ2n) is 7.17. The minimum Gasteiger partial charge on any atom is -0.355 e. The average Bonchev–Trinajstić information content (AvgIpc) is 2.82. The summed E-state index contributed by atoms with van der Waals surface area (Å²) < 4.78 is 0. The fourth-order valence-corrected chi connectivity index (χ4v) is 4.15. The summed E-state index contributed by atoms with van der Waals surface area (Å²) in [5.74, 6) is 0.581. The highest BCUT2D eigenvalue weighted by Crippen LogP contribution is 2.31. The summed E-state index contributed by atoms with van der Waals surface area (Å²) in [6.07, 6.45) is 0. The van der Waals surface area contributed by atoms with Crippen LogP contribution in [-0.4, -0.2) is 28.4 Å². The topological polar surface area (TPSA) is 54.9 Å². The lowest BCUT2D eigenvalue weighted by molar-refractivity contribution is -0.118. The van der Waals surface area contributed by atoms with Crippen molar-refractivity contribution >= 4 is 28.4 Å². The molecule has 150 valence electrons. The van der Waals surface area contributed by atoms with E-state index in [0.717, 1.165) is 27.1 Å². The molecule has 0 spiro atoms. The Balaban J connectivity index is 1.44. The Morgan fingerprint density at radius 3 is 2.23 bits per heavy atom. The number of nitrogens with zero attached hydrogens (tertiary/aromatic N) is 2. The molecule has 0 radical (unpaired) electrons. The summed E-state index contributed by atoms with van der Waals surface area (Å²) in [6, 6.07) is 28.3. The first-order valence-corrected chi connectivity index (χ1v) is 11.0. The number of thioether (sulfide) groups is 1. The molecule has 1 heterocycles. The Bertz CT molecular complexity index is 1130. The number of nitrogens with one attached hydrogen (secondary N) is 1. The van der Waals surface area contributed by atoms with Gasteiger partial charge in [-0.3, -0.25) is 4.79 Å². The fourth-order valence-electron chi connectivity index (χ4n) is 3.35. The standard InChI is InChI=1S/C25H23N3OS/c1-18(19-10-4-2-5-11-19)16-26-23(29)17-30-25-22-15-9-8-14-21(22)24(27-28-25)20-12-6-3-7-13-20/h2-15,18H,16-17H2,1H3,(H,26,29). The molecule has 4 nitrogen and oxygen atoms in total. The van der Waals surface area contributed by atoms with Gasteiger partial charge in [-0.1, -0.05) is 104 Å². The van der Waals surface area contributed by atoms with Crippen LogP contribution in [0.25, 0.3) is 22.0 Å². The van der Waals surface area contributed by atoms with Crippen LogP contribution in [0.1, 0.15) is 18.4 Å². The van der Waals surface area contributed by atoms with Crippen molar-refractivity contribution in [3.63, 3.8) is 0 Å². The number of benzene rings is 3. The Labute approximate surface area is 180 Å². The van der Waals surface area contributed by atoms with Crippen molar-refractivity contribution in [2.75, 3.05) is 12.3 Å². The molecule has 1 unspecified atom stereocenters. The SMILES string of the molecule is CC(CNC(=O)CSc1nnc(-c2ccccc2)c2ccccc12)c1ccccc1. The van der Waals surface area contributed by atoms with Gasteiger partial charge in [0.15, 0.2) is 0 Å². The van der Waals surface area contributed by atoms with E-state index in [0.29, 0.717) is 12.3 Å². The van der Waals surface area contributed by atoms with Crippen LogP contribution in [0.3, 0.4) is 0 Å². The van der Waals surface area contributed by atoms with Crippen molar-refractivity contribution in [3.8, 4) is 11.3 Å². The number of carbonyl (C=O) groups excluding carboxylic acids is 1. The molecule has 1 atom stereocenters. The Hall–Kier alpha value is -3.18. The van der Waals surface area contributed by atoms with Gasteiger partial charge in [0.25, 0.3) is 0 Å². The van der Waals surface area contributed by atoms with Crippen LogP contribution in [0.15, 0.2) is 90.0 Å². The lowest BCUT2D eigenvalue weighted by atomic mass is 10.0. The molecule has 30 heavy (non-hydrogen) atoms. The maximum atomic E-state index is 12.4. The summed E-state index contributed by atoms with van der Waals surface area (Å²) in [5.41, 5.74) is 3.11. The number of amides is 1. The summed E-state index contributed by atoms with van der Waals surface area (Å²) >= 11 is 1.42. The normalized spacial score (nSPS) is 11.9. The monoisotopic (exact) mass is 413 g/mol. The quantitative estimate of drug-likeness (QED) is 0.417. The third-order valence-corrected chi connectivity index (χ3v) is 6.00. The van der Waals surface area contributed by atoms with E-state index in [1.54, 1.807) is 0 Å². The van der Waals surface area contributed by atoms with Crippen molar-refractivity contribution < 1.29 is 4.79 Å². The number of rotatable bonds is 7. The van der Waals surface area contributed by atoms with E-state index in [9.17, 15) is 4.79 Å². The Morgan fingerprint density at radius 1 is 0.867 bits per heavy atom. The zero-order valence-corrected chi connectivity index (χ0v) is 17.6. The minimum atomic E-state index is 0.000739. The van der Waals surface area contributed by atoms with Crippen LogP contribution in [0.2, 0.25) is 0 Å². The van der Waals surface area contributed by atoms with Crippen molar-refractivity contribution in [1.29, 1.82) is 0 Å². The van der Waals surface area contributed by atoms with Crippen LogP contribution in [-0.2, 0) is 4.79 Å². The van der Waals surface area contributed by atoms with E-state index in [-0.39, 0.29) is 11.8 Å². The Morgan fingerprint density at radius 2 is 1.50 bits per heavy atom. The summed E-state index contributed by atoms with van der Waals surface area (Å²) in [7, 11) is 0. The molecule has 4 rings (SSSR count). The van der Waals surface area contributed by atoms with Gasteiger partial charge in [-0.15, -0.1) is 10.2 Å². The van der Waals surface area contributed by atoms with Crippen LogP contribution in [0.4, 0.5) is 0 Å². The molecule has 0 fully saturated rings. The molecule has 0 aliphatic rings. The van der Waals surface area contributed by atoms with Crippen LogP contribution in [0.5, 0.6) is 0 Å². The van der Waals surface area contributed by atoms with Crippen LogP contribution >= 0.6 is 11.8 Å². The summed E-state index contributed by atoms with van der Waals surface area (Å²) in [6.45, 7) is 2.73. The number of aromatic nitrogens is 2. The van der Waals surface area contributed by atoms with Gasteiger partial charge in [0.05, 0.1) is 5.75 Å². The predicted molar refractivity (Wildman–Crippen MR) is 124 cm³/mol. The molecular formula is C25H23N3OS. The first-order chi connectivity index (χ1) is 14.7. The first-order valence-electron chi connectivity index (χ1n) is 9.97. The molecule has 0 saturated heterocycles. The van der Waals surface area contributed by atoms with E-state index in [4.69, 9.17) is 0 Å². The van der Waals surface area contributed by atoms with E-state index >= 15 is 0 Å². The van der Waals surface area contributed by atoms with Gasteiger partial charge in [0, 0.05) is 22.9 Å². The molecular weight excluding hydrogens is 390 g/mol. The smallest absolute Gasteiger partial charge is 0.230 e. The van der Waals surface area contributed by atoms with E-state index < -0.39 is 0 Å². The third kappa shape index (κ3) is 4.69. The molecule has 1 amide bonds. The predicted octanol–water partition coefficient (Wildman–Crippen LogP) is 5.31. The molecule has 5 heteroatoms. The maximum Gasteiger partial charge on any atom is 0.230 e. The van der Waals surface area contributed by atoms with E-state index in [1.165, 1.54) is 17.3 Å². The zero-order valence-electron chi connectivity index (χ0n) is 16.8. The van der Waals surface area contributed by atoms with Gasteiger partial charge in [-0.25, -0.2) is 0 Å². The number of carbonyl (C=O) groups is 1. The number of hydrogen-bond donors (Lipinski definition) is 1. The minimum absolute atomic E-state index is 0.000739. The van der Waals surface area contributed by atoms with Gasteiger partial charge in [0.1, 0.15) is 10.7 Å². The van der Waals surface area contributed by atoms with Gasteiger partial charge in [-0.2, -0.15) is 0 Å². The number of fused-ring (bicyclic) bond motifs is 1. The summed E-state index contributed by atoms with van der Waals surface area (Å²) in [5, 5.41) is 14.8. The van der Waals surface area contributed by atoms with Gasteiger partial charge < -0.3 is 5.32 Å². The lowest BCUT2D eigenvalue weighted by Gasteiger charge is -2.13. The molecule has 1 N–H and O–H groups in total. The first kappa shape index (κ1) is 20.1. The Kier molecular flexibility index (Phi) is 6.40. The van der Waals surface area contributed by atoms with Crippen molar-refractivity contribution in [2.45, 2.75) is 17.9 Å². The molecule has 3 aromatic carbocycles. The highest BCUT2D eigenvalue weighted by atomic mass is 32.2. The van der Waals surface area contributed by atoms with Gasteiger partial charge in [-0.05, 0) is 11.5 Å². The maximum absolute atomic E-state index is 12.4. The van der Waals surface area contributed by atoms with Gasteiger partial charge in [0.2, 0.25) is 5.91 Å². The highest BCUT2D eigenvalue weighted by molar-refractivity contribution is 8.00. The third-order valence-electron chi connectivity index (χ3n) is 5.01. The van der Waals surface area contributed by atoms with Crippen molar-refractivity contribution in [1.82, 2.24) is 15.5 Å². The lowest BCUT2D eigenvalue weighted by Crippen LogP contribution is -2.29. The number of hydrogen-bond acceptors (Lipinski definition) is 4. The van der Waals surface area contributed by atoms with E-state index in [1.807, 2.05) is 66.7 Å². The van der Waals surface area contributed by atoms with Gasteiger partial charge >= 0.3 is 0 Å².